The van der Waals surface area contributed by atoms with Crippen molar-refractivity contribution in [1.82, 2.24) is 5.32 Å². The van der Waals surface area contributed by atoms with Crippen LogP contribution in [0.4, 0.5) is 0 Å². The van der Waals surface area contributed by atoms with Crippen LogP contribution >= 0.6 is 0 Å². The highest BCUT2D eigenvalue weighted by atomic mass is 16.5. The molecule has 0 aromatic heterocycles. The molecule has 1 amide bonds. The van der Waals surface area contributed by atoms with Crippen LogP contribution in [0.3, 0.4) is 0 Å². The number of carbonyl (C=O) groups excluding carboxylic acids is 1. The minimum Gasteiger partial charge on any atom is -0.493 e. The first-order chi connectivity index (χ1) is 12.9. The molecule has 0 fully saturated rings. The number of aryl methyl sites for hydroxylation is 2. The molecule has 1 N–H and O–H groups in total. The van der Waals surface area contributed by atoms with Gasteiger partial charge in [-0.25, -0.2) is 0 Å². The maximum absolute atomic E-state index is 12.4. The fourth-order valence-electron chi connectivity index (χ4n) is 3.07. The third-order valence-corrected chi connectivity index (χ3v) is 4.40. The van der Waals surface area contributed by atoms with Gasteiger partial charge in [0.25, 0.3) is 0 Å². The SMILES string of the molecule is COc1ccc(/C=C/C(=O)N[C@H](C)c2ccc(C)cc2C)c(OC)c1OC. The van der Waals surface area contributed by atoms with Crippen molar-refractivity contribution in [2.45, 2.75) is 26.8 Å². The van der Waals surface area contributed by atoms with Gasteiger partial charge in [-0.15, -0.1) is 0 Å². The average Bonchev–Trinajstić information content (AvgIpc) is 2.65. The van der Waals surface area contributed by atoms with Gasteiger partial charge in [0.2, 0.25) is 11.7 Å². The molecule has 0 bridgehead atoms. The van der Waals surface area contributed by atoms with Crippen molar-refractivity contribution in [2.75, 3.05) is 21.3 Å². The zero-order valence-corrected chi connectivity index (χ0v) is 16.8. The van der Waals surface area contributed by atoms with Crippen molar-refractivity contribution >= 4 is 12.0 Å². The summed E-state index contributed by atoms with van der Waals surface area (Å²) >= 11 is 0. The van der Waals surface area contributed by atoms with Crippen LogP contribution in [0.15, 0.2) is 36.4 Å². The van der Waals surface area contributed by atoms with Gasteiger partial charge in [-0.05, 0) is 50.1 Å². The van der Waals surface area contributed by atoms with Crippen LogP contribution in [-0.2, 0) is 4.79 Å². The molecule has 5 heteroatoms. The topological polar surface area (TPSA) is 56.8 Å². The number of carbonyl (C=O) groups is 1. The molecule has 0 spiro atoms. The number of hydrogen-bond acceptors (Lipinski definition) is 4. The van der Waals surface area contributed by atoms with Crippen LogP contribution in [0.1, 0.15) is 35.2 Å². The minimum absolute atomic E-state index is 0.0879. The predicted octanol–water partition coefficient (Wildman–Crippen LogP) is 4.22. The van der Waals surface area contributed by atoms with Crippen molar-refractivity contribution in [3.8, 4) is 17.2 Å². The van der Waals surface area contributed by atoms with E-state index in [1.54, 1.807) is 33.5 Å². The Labute approximate surface area is 161 Å². The molecule has 144 valence electrons. The van der Waals surface area contributed by atoms with Crippen molar-refractivity contribution < 1.29 is 19.0 Å². The standard InChI is InChI=1S/C22H27NO4/c1-14-7-10-18(15(2)13-14)16(3)23-20(24)12-9-17-8-11-19(25-4)22(27-6)21(17)26-5/h7-13,16H,1-6H3,(H,23,24)/b12-9+/t16-/m1/s1. The smallest absolute Gasteiger partial charge is 0.244 e. The Morgan fingerprint density at radius 1 is 1.00 bits per heavy atom. The van der Waals surface area contributed by atoms with Crippen molar-refractivity contribution in [2.24, 2.45) is 0 Å². The second-order valence-corrected chi connectivity index (χ2v) is 6.35. The summed E-state index contributed by atoms with van der Waals surface area (Å²) in [6.45, 7) is 6.08. The fraction of sp³-hybridized carbons (Fsp3) is 0.318. The van der Waals surface area contributed by atoms with Crippen LogP contribution in [0.5, 0.6) is 17.2 Å². The van der Waals surface area contributed by atoms with E-state index in [1.165, 1.54) is 11.6 Å². The molecule has 0 saturated heterocycles. The van der Waals surface area contributed by atoms with E-state index < -0.39 is 0 Å². The normalized spacial score (nSPS) is 11.9. The maximum Gasteiger partial charge on any atom is 0.244 e. The fourth-order valence-corrected chi connectivity index (χ4v) is 3.07. The molecule has 2 rings (SSSR count). The number of benzene rings is 2. The molecule has 0 radical (unpaired) electrons. The highest BCUT2D eigenvalue weighted by molar-refractivity contribution is 5.92. The largest absolute Gasteiger partial charge is 0.493 e. The molecule has 2 aromatic carbocycles. The quantitative estimate of drug-likeness (QED) is 0.743. The maximum atomic E-state index is 12.4. The molecular weight excluding hydrogens is 342 g/mol. The van der Waals surface area contributed by atoms with Crippen LogP contribution in [0.25, 0.3) is 6.08 Å². The Hall–Kier alpha value is -2.95. The number of nitrogens with one attached hydrogen (secondary N) is 1. The second kappa shape index (κ2) is 9.12. The first-order valence-corrected chi connectivity index (χ1v) is 8.76. The Balaban J connectivity index is 2.17. The van der Waals surface area contributed by atoms with Gasteiger partial charge in [0, 0.05) is 11.6 Å². The molecule has 1 atom stereocenters. The highest BCUT2D eigenvalue weighted by Gasteiger charge is 2.15. The first kappa shape index (κ1) is 20.4. The van der Waals surface area contributed by atoms with E-state index >= 15 is 0 Å². The average molecular weight is 369 g/mol. The molecule has 2 aromatic rings. The van der Waals surface area contributed by atoms with E-state index in [0.717, 1.165) is 16.7 Å². The number of amides is 1. The van der Waals surface area contributed by atoms with Crippen molar-refractivity contribution in [1.29, 1.82) is 0 Å². The van der Waals surface area contributed by atoms with Gasteiger partial charge in [0.1, 0.15) is 0 Å². The van der Waals surface area contributed by atoms with E-state index in [9.17, 15) is 4.79 Å². The molecule has 0 saturated carbocycles. The van der Waals surface area contributed by atoms with Gasteiger partial charge in [0.05, 0.1) is 27.4 Å². The first-order valence-electron chi connectivity index (χ1n) is 8.76. The number of methoxy groups -OCH3 is 3. The Bertz CT molecular complexity index is 842. The third kappa shape index (κ3) is 4.82. The molecular formula is C22H27NO4. The lowest BCUT2D eigenvalue weighted by Gasteiger charge is -2.16. The van der Waals surface area contributed by atoms with Crippen LogP contribution in [0, 0.1) is 13.8 Å². The number of rotatable bonds is 7. The lowest BCUT2D eigenvalue weighted by molar-refractivity contribution is -0.117. The zero-order valence-electron chi connectivity index (χ0n) is 16.8. The number of ether oxygens (including phenoxy) is 3. The summed E-state index contributed by atoms with van der Waals surface area (Å²) in [5.41, 5.74) is 4.19. The summed E-state index contributed by atoms with van der Waals surface area (Å²) in [4.78, 5) is 12.4. The molecule has 5 nitrogen and oxygen atoms in total. The number of hydrogen-bond donors (Lipinski definition) is 1. The second-order valence-electron chi connectivity index (χ2n) is 6.35. The highest BCUT2D eigenvalue weighted by Crippen LogP contribution is 2.40. The predicted molar refractivity (Wildman–Crippen MR) is 108 cm³/mol. The van der Waals surface area contributed by atoms with Crippen LogP contribution < -0.4 is 19.5 Å². The summed E-state index contributed by atoms with van der Waals surface area (Å²) < 4.78 is 16.1. The van der Waals surface area contributed by atoms with Gasteiger partial charge in [-0.3, -0.25) is 4.79 Å². The van der Waals surface area contributed by atoms with Gasteiger partial charge in [0.15, 0.2) is 11.5 Å². The van der Waals surface area contributed by atoms with Gasteiger partial charge in [-0.2, -0.15) is 0 Å². The van der Waals surface area contributed by atoms with E-state index in [1.807, 2.05) is 13.0 Å². The summed E-state index contributed by atoms with van der Waals surface area (Å²) in [6, 6.07) is 9.72. The summed E-state index contributed by atoms with van der Waals surface area (Å²) in [6.07, 6.45) is 3.19. The van der Waals surface area contributed by atoms with Gasteiger partial charge in [-0.1, -0.05) is 23.8 Å². The Morgan fingerprint density at radius 3 is 2.30 bits per heavy atom. The van der Waals surface area contributed by atoms with Crippen LogP contribution in [-0.4, -0.2) is 27.2 Å². The molecule has 0 heterocycles. The van der Waals surface area contributed by atoms with Crippen LogP contribution in [0.2, 0.25) is 0 Å². The molecule has 0 aliphatic rings. The van der Waals surface area contributed by atoms with Crippen molar-refractivity contribution in [3.05, 3.63) is 58.7 Å². The molecule has 0 aliphatic heterocycles. The van der Waals surface area contributed by atoms with E-state index in [4.69, 9.17) is 14.2 Å². The van der Waals surface area contributed by atoms with Gasteiger partial charge >= 0.3 is 0 Å². The lowest BCUT2D eigenvalue weighted by atomic mass is 10.0. The molecule has 27 heavy (non-hydrogen) atoms. The summed E-state index contributed by atoms with van der Waals surface area (Å²) in [5.74, 6) is 1.40. The van der Waals surface area contributed by atoms with E-state index in [2.05, 4.69) is 37.4 Å². The summed E-state index contributed by atoms with van der Waals surface area (Å²) in [5, 5.41) is 2.99. The molecule has 0 unspecified atom stereocenters. The van der Waals surface area contributed by atoms with E-state index in [0.29, 0.717) is 17.2 Å². The van der Waals surface area contributed by atoms with Gasteiger partial charge < -0.3 is 19.5 Å². The third-order valence-electron chi connectivity index (χ3n) is 4.40. The Morgan fingerprint density at radius 2 is 1.70 bits per heavy atom. The molecule has 0 aliphatic carbocycles. The minimum atomic E-state index is -0.181. The summed E-state index contributed by atoms with van der Waals surface area (Å²) in [7, 11) is 4.66. The zero-order chi connectivity index (χ0) is 20.0. The monoisotopic (exact) mass is 369 g/mol. The van der Waals surface area contributed by atoms with E-state index in [-0.39, 0.29) is 11.9 Å². The lowest BCUT2D eigenvalue weighted by Crippen LogP contribution is -2.25. The Kier molecular flexibility index (Phi) is 6.88. The van der Waals surface area contributed by atoms with Crippen molar-refractivity contribution in [3.63, 3.8) is 0 Å².